The van der Waals surface area contributed by atoms with Crippen LogP contribution in [0, 0.1) is 5.82 Å². The number of aromatic amines is 1. The molecule has 0 spiro atoms. The molecule has 9 heteroatoms. The van der Waals surface area contributed by atoms with Gasteiger partial charge in [0, 0.05) is 36.5 Å². The van der Waals surface area contributed by atoms with Gasteiger partial charge < -0.3 is 25.4 Å². The first-order chi connectivity index (χ1) is 18.8. The lowest BCUT2D eigenvalue weighted by atomic mass is 9.98. The SMILES string of the molecule is CNCCCN(C(C)=O)c1ccc(N=C(c2ccc(CCC(=O)O)cc2)c2c(O)[nH]c3cc(F)ccc23)cc1. The molecule has 4 N–H and O–H groups in total. The van der Waals surface area contributed by atoms with Crippen LogP contribution in [0.4, 0.5) is 15.8 Å². The van der Waals surface area contributed by atoms with Crippen LogP contribution in [-0.4, -0.2) is 52.9 Å². The number of carboxylic acid groups (broad SMARTS) is 1. The van der Waals surface area contributed by atoms with Gasteiger partial charge in [0.05, 0.1) is 22.5 Å². The number of nitrogens with zero attached hydrogens (tertiary/aromatic N) is 2. The van der Waals surface area contributed by atoms with Crippen molar-refractivity contribution in [2.24, 2.45) is 4.99 Å². The highest BCUT2D eigenvalue weighted by molar-refractivity contribution is 6.21. The fourth-order valence-corrected chi connectivity index (χ4v) is 4.46. The zero-order valence-corrected chi connectivity index (χ0v) is 21.9. The number of carboxylic acids is 1. The zero-order chi connectivity index (χ0) is 27.9. The van der Waals surface area contributed by atoms with Gasteiger partial charge in [-0.2, -0.15) is 0 Å². The number of fused-ring (bicyclic) bond motifs is 1. The molecule has 4 rings (SSSR count). The number of hydrogen-bond acceptors (Lipinski definition) is 5. The number of halogens is 1. The zero-order valence-electron chi connectivity index (χ0n) is 21.9. The minimum Gasteiger partial charge on any atom is -0.494 e. The number of H-pyrrole nitrogens is 1. The lowest BCUT2D eigenvalue weighted by Gasteiger charge is -2.21. The normalized spacial score (nSPS) is 11.6. The van der Waals surface area contributed by atoms with E-state index in [4.69, 9.17) is 10.1 Å². The minimum absolute atomic E-state index is 0.0215. The number of aliphatic carboxylic acids is 1. The van der Waals surface area contributed by atoms with Crippen LogP contribution in [0.1, 0.15) is 36.5 Å². The predicted octanol–water partition coefficient (Wildman–Crippen LogP) is 5.16. The summed E-state index contributed by atoms with van der Waals surface area (Å²) < 4.78 is 13.9. The Hall–Kier alpha value is -4.50. The lowest BCUT2D eigenvalue weighted by Crippen LogP contribution is -2.31. The third-order valence-electron chi connectivity index (χ3n) is 6.42. The Bertz CT molecular complexity index is 1490. The van der Waals surface area contributed by atoms with E-state index in [1.54, 1.807) is 23.1 Å². The maximum Gasteiger partial charge on any atom is 0.303 e. The summed E-state index contributed by atoms with van der Waals surface area (Å²) >= 11 is 0. The molecule has 4 aromatic rings. The minimum atomic E-state index is -0.869. The molecule has 0 saturated heterocycles. The quantitative estimate of drug-likeness (QED) is 0.158. The number of aliphatic imine (C=N–C) groups is 1. The summed E-state index contributed by atoms with van der Waals surface area (Å²) in [7, 11) is 1.87. The summed E-state index contributed by atoms with van der Waals surface area (Å²) in [5.74, 6) is -1.50. The monoisotopic (exact) mass is 530 g/mol. The summed E-state index contributed by atoms with van der Waals surface area (Å²) in [4.78, 5) is 32.6. The van der Waals surface area contributed by atoms with E-state index in [0.717, 1.165) is 24.2 Å². The lowest BCUT2D eigenvalue weighted by molar-refractivity contribution is -0.137. The van der Waals surface area contributed by atoms with E-state index in [0.29, 0.717) is 46.4 Å². The molecule has 0 aliphatic carbocycles. The number of anilines is 1. The molecule has 0 atom stereocenters. The number of carbonyl (C=O) groups excluding carboxylic acids is 1. The number of rotatable bonds is 11. The topological polar surface area (TPSA) is 118 Å². The number of amides is 1. The van der Waals surface area contributed by atoms with E-state index in [-0.39, 0.29) is 18.2 Å². The molecular formula is C30H31FN4O4. The summed E-state index contributed by atoms with van der Waals surface area (Å²) in [5.41, 5.74) is 4.21. The van der Waals surface area contributed by atoms with E-state index < -0.39 is 11.8 Å². The van der Waals surface area contributed by atoms with Crippen LogP contribution in [0.15, 0.2) is 71.7 Å². The Morgan fingerprint density at radius 1 is 1.05 bits per heavy atom. The van der Waals surface area contributed by atoms with Gasteiger partial charge in [0.1, 0.15) is 5.82 Å². The van der Waals surface area contributed by atoms with E-state index in [9.17, 15) is 19.1 Å². The highest BCUT2D eigenvalue weighted by Gasteiger charge is 2.19. The van der Waals surface area contributed by atoms with Crippen molar-refractivity contribution in [2.75, 3.05) is 25.0 Å². The molecule has 1 aromatic heterocycles. The first kappa shape index (κ1) is 27.5. The second-order valence-electron chi connectivity index (χ2n) is 9.23. The van der Waals surface area contributed by atoms with Crippen LogP contribution < -0.4 is 10.2 Å². The highest BCUT2D eigenvalue weighted by atomic mass is 19.1. The van der Waals surface area contributed by atoms with Crippen molar-refractivity contribution in [1.82, 2.24) is 10.3 Å². The standard InChI is InChI=1S/C30H31FN4O4/c1-19(36)35(17-3-16-32-2)24-12-10-23(11-13-24)33-29(21-7-4-20(5-8-21)6-15-27(37)38)28-25-14-9-22(31)18-26(25)34-30(28)39/h4-5,7-14,18,32,34,39H,3,6,15-17H2,1-2H3,(H,37,38). The van der Waals surface area contributed by atoms with E-state index in [1.807, 2.05) is 43.4 Å². The smallest absolute Gasteiger partial charge is 0.303 e. The Morgan fingerprint density at radius 3 is 2.41 bits per heavy atom. The average Bonchev–Trinajstić information content (AvgIpc) is 3.23. The Kier molecular flexibility index (Phi) is 8.73. The molecule has 0 saturated carbocycles. The van der Waals surface area contributed by atoms with Gasteiger partial charge in [0.2, 0.25) is 5.91 Å². The molecule has 39 heavy (non-hydrogen) atoms. The third kappa shape index (κ3) is 6.69. The van der Waals surface area contributed by atoms with Crippen LogP contribution in [0.2, 0.25) is 0 Å². The summed E-state index contributed by atoms with van der Waals surface area (Å²) in [6.45, 7) is 2.91. The molecule has 1 heterocycles. The second-order valence-corrected chi connectivity index (χ2v) is 9.23. The van der Waals surface area contributed by atoms with Gasteiger partial charge >= 0.3 is 5.97 Å². The maximum absolute atomic E-state index is 13.9. The van der Waals surface area contributed by atoms with Crippen molar-refractivity contribution in [3.05, 3.63) is 89.2 Å². The molecule has 3 aromatic carbocycles. The third-order valence-corrected chi connectivity index (χ3v) is 6.42. The number of aromatic nitrogens is 1. The fourth-order valence-electron chi connectivity index (χ4n) is 4.46. The molecule has 0 fully saturated rings. The van der Waals surface area contributed by atoms with Crippen molar-refractivity contribution in [1.29, 1.82) is 0 Å². The van der Waals surface area contributed by atoms with E-state index >= 15 is 0 Å². The summed E-state index contributed by atoms with van der Waals surface area (Å²) in [6.07, 6.45) is 1.22. The second kappa shape index (κ2) is 12.4. The van der Waals surface area contributed by atoms with Crippen LogP contribution in [0.3, 0.4) is 0 Å². The van der Waals surface area contributed by atoms with Gasteiger partial charge in [-0.1, -0.05) is 24.3 Å². The number of aromatic hydroxyl groups is 1. The Morgan fingerprint density at radius 2 is 1.77 bits per heavy atom. The molecular weight excluding hydrogens is 499 g/mol. The van der Waals surface area contributed by atoms with Crippen molar-refractivity contribution in [2.45, 2.75) is 26.2 Å². The van der Waals surface area contributed by atoms with Gasteiger partial charge in [0.15, 0.2) is 5.88 Å². The van der Waals surface area contributed by atoms with Crippen molar-refractivity contribution in [3.8, 4) is 5.88 Å². The molecule has 1 amide bonds. The van der Waals surface area contributed by atoms with Gasteiger partial charge in [-0.3, -0.25) is 9.59 Å². The first-order valence-corrected chi connectivity index (χ1v) is 12.7. The number of benzene rings is 3. The molecule has 0 aliphatic rings. The van der Waals surface area contributed by atoms with E-state index in [2.05, 4.69) is 10.3 Å². The molecule has 8 nitrogen and oxygen atoms in total. The van der Waals surface area contributed by atoms with Crippen LogP contribution in [-0.2, 0) is 16.0 Å². The van der Waals surface area contributed by atoms with Gasteiger partial charge in [0.25, 0.3) is 0 Å². The maximum atomic E-state index is 13.9. The molecule has 0 radical (unpaired) electrons. The summed E-state index contributed by atoms with van der Waals surface area (Å²) in [6, 6.07) is 18.8. The number of carbonyl (C=O) groups is 2. The van der Waals surface area contributed by atoms with E-state index in [1.165, 1.54) is 19.1 Å². The average molecular weight is 531 g/mol. The van der Waals surface area contributed by atoms with Gasteiger partial charge in [-0.05, 0) is 74.5 Å². The van der Waals surface area contributed by atoms with Crippen molar-refractivity contribution < 1.29 is 24.2 Å². The molecule has 0 unspecified atom stereocenters. The largest absolute Gasteiger partial charge is 0.494 e. The molecule has 0 aliphatic heterocycles. The van der Waals surface area contributed by atoms with Gasteiger partial charge in [-0.15, -0.1) is 0 Å². The van der Waals surface area contributed by atoms with Crippen LogP contribution in [0.25, 0.3) is 10.9 Å². The fraction of sp³-hybridized carbons (Fsp3) is 0.233. The number of aryl methyl sites for hydroxylation is 1. The summed E-state index contributed by atoms with van der Waals surface area (Å²) in [5, 5.41) is 23.5. The highest BCUT2D eigenvalue weighted by Crippen LogP contribution is 2.32. The van der Waals surface area contributed by atoms with Crippen molar-refractivity contribution >= 4 is 39.9 Å². The Labute approximate surface area is 225 Å². The van der Waals surface area contributed by atoms with Crippen molar-refractivity contribution in [3.63, 3.8) is 0 Å². The van der Waals surface area contributed by atoms with Crippen LogP contribution >= 0.6 is 0 Å². The Balaban J connectivity index is 1.75. The molecule has 0 bridgehead atoms. The predicted molar refractivity (Wildman–Crippen MR) is 151 cm³/mol. The molecule has 202 valence electrons. The van der Waals surface area contributed by atoms with Gasteiger partial charge in [-0.25, -0.2) is 9.38 Å². The van der Waals surface area contributed by atoms with Crippen LogP contribution in [0.5, 0.6) is 5.88 Å². The first-order valence-electron chi connectivity index (χ1n) is 12.7. The number of nitrogens with one attached hydrogen (secondary N) is 2. The number of hydrogen-bond donors (Lipinski definition) is 4.